The lowest BCUT2D eigenvalue weighted by Crippen LogP contribution is -2.10. The molecule has 1 atom stereocenters. The first kappa shape index (κ1) is 23.4. The van der Waals surface area contributed by atoms with Gasteiger partial charge in [-0.05, 0) is 43.0 Å². The first-order valence-corrected chi connectivity index (χ1v) is 12.4. The molecule has 1 aromatic heterocycles. The molecular formula is C34H31NO. The summed E-state index contributed by atoms with van der Waals surface area (Å²) in [7, 11) is 0. The first-order valence-electron chi connectivity index (χ1n) is 12.4. The molecule has 1 N–H and O–H groups in total. The molecule has 0 radical (unpaired) electrons. The van der Waals surface area contributed by atoms with Crippen LogP contribution in [0.3, 0.4) is 0 Å². The Kier molecular flexibility index (Phi) is 6.86. The van der Waals surface area contributed by atoms with Gasteiger partial charge in [-0.3, -0.25) is 0 Å². The van der Waals surface area contributed by atoms with Crippen LogP contribution in [0.25, 0.3) is 27.8 Å². The van der Waals surface area contributed by atoms with Gasteiger partial charge in [0.1, 0.15) is 11.3 Å². The Balaban J connectivity index is 0.000000292. The number of furan rings is 1. The van der Waals surface area contributed by atoms with Gasteiger partial charge in [0.2, 0.25) is 0 Å². The number of para-hydroxylation sites is 1. The second-order valence-electron chi connectivity index (χ2n) is 9.20. The number of fused-ring (bicyclic) bond motifs is 6. The highest BCUT2D eigenvalue weighted by atomic mass is 16.3. The van der Waals surface area contributed by atoms with Crippen molar-refractivity contribution in [3.63, 3.8) is 0 Å². The molecule has 2 heteroatoms. The van der Waals surface area contributed by atoms with Crippen LogP contribution in [0.5, 0.6) is 0 Å². The van der Waals surface area contributed by atoms with E-state index in [-0.39, 0.29) is 0 Å². The fraction of sp³-hybridized carbons (Fsp3) is 0.118. The van der Waals surface area contributed by atoms with Gasteiger partial charge in [-0.2, -0.15) is 0 Å². The fourth-order valence-corrected chi connectivity index (χ4v) is 4.76. The van der Waals surface area contributed by atoms with Gasteiger partial charge >= 0.3 is 0 Å². The zero-order chi connectivity index (χ0) is 24.9. The van der Waals surface area contributed by atoms with E-state index in [0.717, 1.165) is 34.7 Å². The summed E-state index contributed by atoms with van der Waals surface area (Å²) in [5.74, 6) is 1.51. The van der Waals surface area contributed by atoms with Crippen LogP contribution in [-0.4, -0.2) is 0 Å². The molecule has 0 aliphatic heterocycles. The highest BCUT2D eigenvalue weighted by Gasteiger charge is 2.25. The van der Waals surface area contributed by atoms with Crippen molar-refractivity contribution in [3.8, 4) is 0 Å². The van der Waals surface area contributed by atoms with Crippen molar-refractivity contribution in [1.82, 2.24) is 0 Å². The van der Waals surface area contributed by atoms with Crippen LogP contribution < -0.4 is 5.32 Å². The summed E-state index contributed by atoms with van der Waals surface area (Å²) < 4.78 is 6.38. The molecule has 4 aromatic rings. The average molecular weight is 470 g/mol. The Bertz CT molecular complexity index is 1560. The van der Waals surface area contributed by atoms with Gasteiger partial charge in [-0.25, -0.2) is 0 Å². The summed E-state index contributed by atoms with van der Waals surface area (Å²) >= 11 is 0. The van der Waals surface area contributed by atoms with Gasteiger partial charge < -0.3 is 9.73 Å². The molecule has 0 spiro atoms. The lowest BCUT2D eigenvalue weighted by molar-refractivity contribution is 0.521. The Morgan fingerprint density at radius 1 is 1.00 bits per heavy atom. The summed E-state index contributed by atoms with van der Waals surface area (Å²) in [6.07, 6.45) is 19.9. The highest BCUT2D eigenvalue weighted by Crippen LogP contribution is 2.43. The Morgan fingerprint density at radius 3 is 2.56 bits per heavy atom. The van der Waals surface area contributed by atoms with Crippen LogP contribution >= 0.6 is 0 Å². The maximum atomic E-state index is 6.38. The van der Waals surface area contributed by atoms with E-state index >= 15 is 0 Å². The normalized spacial score (nSPS) is 16.1. The fourth-order valence-electron chi connectivity index (χ4n) is 4.76. The SMILES string of the molecule is C1=CC2=Cc3c(oc4cc(Nc5ccccc5)c5ccccc5c34)CC2C=C1.C=C(C)/C=C\C=C/C. The maximum Gasteiger partial charge on any atom is 0.137 e. The third-order valence-corrected chi connectivity index (χ3v) is 6.44. The summed E-state index contributed by atoms with van der Waals surface area (Å²) in [6, 6.07) is 21.0. The van der Waals surface area contributed by atoms with Crippen LogP contribution in [0.15, 0.2) is 131 Å². The molecule has 0 bridgehead atoms. The van der Waals surface area contributed by atoms with Gasteiger partial charge in [0.25, 0.3) is 0 Å². The van der Waals surface area contributed by atoms with E-state index in [2.05, 4.69) is 84.7 Å². The van der Waals surface area contributed by atoms with Crippen LogP contribution in [0.4, 0.5) is 11.4 Å². The molecule has 0 saturated heterocycles. The number of benzene rings is 3. The maximum absolute atomic E-state index is 6.38. The lowest BCUT2D eigenvalue weighted by atomic mass is 9.83. The third-order valence-electron chi connectivity index (χ3n) is 6.44. The standard InChI is InChI=1S/C26H19NO.C8H12/c1-2-10-19(11-3-1)27-23-16-25-26(21-13-7-6-12-20(21)23)22-14-17-8-4-5-9-18(17)15-24(22)28-25;1-4-5-6-7-8(2)3/h1-14,16,18,27H,15H2;4-7H,2H2,1,3H3/b;5-4-,7-6-. The van der Waals surface area contributed by atoms with Crippen molar-refractivity contribution in [2.24, 2.45) is 5.92 Å². The molecule has 0 fully saturated rings. The second kappa shape index (κ2) is 10.5. The number of anilines is 2. The van der Waals surface area contributed by atoms with Crippen molar-refractivity contribution in [2.75, 3.05) is 5.32 Å². The smallest absolute Gasteiger partial charge is 0.137 e. The molecule has 1 heterocycles. The van der Waals surface area contributed by atoms with E-state index in [1.807, 2.05) is 56.4 Å². The van der Waals surface area contributed by atoms with Gasteiger partial charge in [0.05, 0.1) is 5.69 Å². The van der Waals surface area contributed by atoms with Crippen LogP contribution in [0.2, 0.25) is 0 Å². The van der Waals surface area contributed by atoms with E-state index in [9.17, 15) is 0 Å². The van der Waals surface area contributed by atoms with Crippen molar-refractivity contribution in [3.05, 3.63) is 138 Å². The number of hydrogen-bond donors (Lipinski definition) is 1. The largest absolute Gasteiger partial charge is 0.460 e. The minimum atomic E-state index is 0.422. The molecule has 2 aliphatic carbocycles. The molecule has 36 heavy (non-hydrogen) atoms. The molecule has 1 unspecified atom stereocenters. The van der Waals surface area contributed by atoms with Crippen LogP contribution in [0, 0.1) is 5.92 Å². The van der Waals surface area contributed by atoms with Crippen LogP contribution in [0.1, 0.15) is 25.2 Å². The highest BCUT2D eigenvalue weighted by molar-refractivity contribution is 6.15. The third kappa shape index (κ3) is 4.89. The number of hydrogen-bond acceptors (Lipinski definition) is 2. The van der Waals surface area contributed by atoms with Gasteiger partial charge in [-0.1, -0.05) is 103 Å². The van der Waals surface area contributed by atoms with E-state index in [1.54, 1.807) is 0 Å². The molecule has 0 amide bonds. The first-order chi connectivity index (χ1) is 17.6. The topological polar surface area (TPSA) is 25.2 Å². The average Bonchev–Trinajstić information content (AvgIpc) is 3.25. The monoisotopic (exact) mass is 469 g/mol. The molecule has 6 rings (SSSR count). The van der Waals surface area contributed by atoms with Gasteiger partial charge in [-0.15, -0.1) is 0 Å². The van der Waals surface area contributed by atoms with E-state index in [0.29, 0.717) is 5.92 Å². The minimum absolute atomic E-state index is 0.422. The van der Waals surface area contributed by atoms with Gasteiger partial charge in [0, 0.05) is 40.4 Å². The van der Waals surface area contributed by atoms with E-state index < -0.39 is 0 Å². The summed E-state index contributed by atoms with van der Waals surface area (Å²) in [5.41, 5.74) is 6.79. The predicted octanol–water partition coefficient (Wildman–Crippen LogP) is 9.71. The molecule has 3 aromatic carbocycles. The quantitative estimate of drug-likeness (QED) is 0.301. The molecular weight excluding hydrogens is 438 g/mol. The Hall–Kier alpha value is -4.30. The van der Waals surface area contributed by atoms with E-state index in [4.69, 9.17) is 4.42 Å². The number of nitrogens with one attached hydrogen (secondary N) is 1. The Labute approximate surface area is 213 Å². The lowest BCUT2D eigenvalue weighted by Gasteiger charge is -2.20. The summed E-state index contributed by atoms with van der Waals surface area (Å²) in [5, 5.41) is 7.23. The van der Waals surface area contributed by atoms with Crippen LogP contribution in [-0.2, 0) is 6.42 Å². The molecule has 0 saturated carbocycles. The second-order valence-corrected chi connectivity index (χ2v) is 9.20. The predicted molar refractivity (Wildman–Crippen MR) is 156 cm³/mol. The zero-order valence-electron chi connectivity index (χ0n) is 20.9. The van der Waals surface area contributed by atoms with Crippen molar-refractivity contribution in [2.45, 2.75) is 20.3 Å². The van der Waals surface area contributed by atoms with Gasteiger partial charge in [0.15, 0.2) is 0 Å². The molecule has 178 valence electrons. The molecule has 2 nitrogen and oxygen atoms in total. The minimum Gasteiger partial charge on any atom is -0.460 e. The van der Waals surface area contributed by atoms with Crippen molar-refractivity contribution in [1.29, 1.82) is 0 Å². The molecule has 2 aliphatic rings. The van der Waals surface area contributed by atoms with E-state index in [1.165, 1.54) is 27.3 Å². The summed E-state index contributed by atoms with van der Waals surface area (Å²) in [6.45, 7) is 7.67. The van der Waals surface area contributed by atoms with Crippen molar-refractivity contribution >= 4 is 39.2 Å². The zero-order valence-corrected chi connectivity index (χ0v) is 20.9. The number of rotatable bonds is 4. The summed E-state index contributed by atoms with van der Waals surface area (Å²) in [4.78, 5) is 0. The Morgan fingerprint density at radius 2 is 1.78 bits per heavy atom. The number of allylic oxidation sites excluding steroid dienone is 10. The van der Waals surface area contributed by atoms with Crippen molar-refractivity contribution < 1.29 is 4.42 Å².